The summed E-state index contributed by atoms with van der Waals surface area (Å²) in [6.07, 6.45) is 95.1. The molecule has 0 aromatic rings. The zero-order valence-electron chi connectivity index (χ0n) is 53.0. The standard InChI is InChI=1S/C75H126O6/c1-4-7-10-13-16-19-22-25-28-30-32-34-35-36-37-38-39-41-42-44-47-50-53-56-59-62-65-68-74(77)80-71-72(70-79-73(76)67-64-61-58-55-52-49-46-27-24-21-18-15-12-9-6-3)81-75(78)69-66-63-60-57-54-51-48-45-43-40-33-31-29-26-23-20-17-14-11-8-5-2/h8-9,11-12,17-18,20-21,26-27,29-30,32-33,40,45-46,48,54,57,72H,4-7,10,13-16,19,22-25,28,31,34-39,41-44,47,49-53,55-56,58-71H2,1-3H3/b11-8-,12-9-,20-17-,21-18-,29-26-,32-30-,40-33-,46-27-,48-45-,57-54-. The summed E-state index contributed by atoms with van der Waals surface area (Å²) in [5.41, 5.74) is 0. The summed E-state index contributed by atoms with van der Waals surface area (Å²) in [6, 6.07) is 0. The van der Waals surface area contributed by atoms with Crippen LogP contribution in [0.15, 0.2) is 122 Å². The molecular formula is C75H126O6. The summed E-state index contributed by atoms with van der Waals surface area (Å²) < 4.78 is 16.9. The zero-order chi connectivity index (χ0) is 58.5. The van der Waals surface area contributed by atoms with E-state index in [2.05, 4.69) is 142 Å². The topological polar surface area (TPSA) is 78.9 Å². The lowest BCUT2D eigenvalue weighted by Gasteiger charge is -2.18. The Morgan fingerprint density at radius 1 is 0.259 bits per heavy atom. The van der Waals surface area contributed by atoms with Gasteiger partial charge in [-0.25, -0.2) is 0 Å². The summed E-state index contributed by atoms with van der Waals surface area (Å²) in [7, 11) is 0. The number of carbonyl (C=O) groups is 3. The maximum Gasteiger partial charge on any atom is 0.306 e. The second-order valence-electron chi connectivity index (χ2n) is 22.3. The third-order valence-corrected chi connectivity index (χ3v) is 14.4. The summed E-state index contributed by atoms with van der Waals surface area (Å²) in [5, 5.41) is 0. The molecule has 0 rings (SSSR count). The maximum atomic E-state index is 12.9. The lowest BCUT2D eigenvalue weighted by molar-refractivity contribution is -0.167. The van der Waals surface area contributed by atoms with Crippen molar-refractivity contribution in [3.8, 4) is 0 Å². The number of carbonyl (C=O) groups excluding carboxylic acids is 3. The van der Waals surface area contributed by atoms with Gasteiger partial charge in [0, 0.05) is 19.3 Å². The molecule has 1 unspecified atom stereocenters. The highest BCUT2D eigenvalue weighted by atomic mass is 16.6. The van der Waals surface area contributed by atoms with E-state index in [-0.39, 0.29) is 37.5 Å². The van der Waals surface area contributed by atoms with E-state index in [1.807, 2.05) is 0 Å². The Bertz CT molecular complexity index is 1670. The molecular weight excluding hydrogens is 997 g/mol. The fourth-order valence-electron chi connectivity index (χ4n) is 9.40. The molecule has 81 heavy (non-hydrogen) atoms. The first-order valence-electron chi connectivity index (χ1n) is 34.0. The number of hydrogen-bond acceptors (Lipinski definition) is 6. The van der Waals surface area contributed by atoms with Crippen molar-refractivity contribution in [3.05, 3.63) is 122 Å². The molecule has 0 fully saturated rings. The summed E-state index contributed by atoms with van der Waals surface area (Å²) >= 11 is 0. The van der Waals surface area contributed by atoms with Crippen LogP contribution in [0.2, 0.25) is 0 Å². The first kappa shape index (κ1) is 76.8. The van der Waals surface area contributed by atoms with Gasteiger partial charge in [-0.3, -0.25) is 14.4 Å². The van der Waals surface area contributed by atoms with Crippen LogP contribution in [0.3, 0.4) is 0 Å². The molecule has 0 amide bonds. The highest BCUT2D eigenvalue weighted by molar-refractivity contribution is 5.71. The van der Waals surface area contributed by atoms with Gasteiger partial charge >= 0.3 is 17.9 Å². The molecule has 0 spiro atoms. The van der Waals surface area contributed by atoms with E-state index in [1.54, 1.807) is 0 Å². The van der Waals surface area contributed by atoms with Gasteiger partial charge < -0.3 is 14.2 Å². The highest BCUT2D eigenvalue weighted by Gasteiger charge is 2.19. The van der Waals surface area contributed by atoms with Crippen molar-refractivity contribution < 1.29 is 28.6 Å². The van der Waals surface area contributed by atoms with Crippen LogP contribution in [0.25, 0.3) is 0 Å². The fraction of sp³-hybridized carbons (Fsp3) is 0.693. The minimum Gasteiger partial charge on any atom is -0.462 e. The Kier molecular flexibility index (Phi) is 64.8. The van der Waals surface area contributed by atoms with E-state index in [0.29, 0.717) is 19.3 Å². The number of ether oxygens (including phenoxy) is 3. The molecule has 0 aromatic carbocycles. The molecule has 462 valence electrons. The lowest BCUT2D eigenvalue weighted by atomic mass is 10.0. The van der Waals surface area contributed by atoms with Crippen LogP contribution in [-0.2, 0) is 28.6 Å². The first-order valence-corrected chi connectivity index (χ1v) is 34.0. The highest BCUT2D eigenvalue weighted by Crippen LogP contribution is 2.16. The van der Waals surface area contributed by atoms with Crippen LogP contribution in [0.5, 0.6) is 0 Å². The third-order valence-electron chi connectivity index (χ3n) is 14.4. The van der Waals surface area contributed by atoms with Crippen LogP contribution in [0.1, 0.15) is 316 Å². The van der Waals surface area contributed by atoms with Crippen LogP contribution in [0.4, 0.5) is 0 Å². The molecule has 0 radical (unpaired) electrons. The number of hydrogen-bond donors (Lipinski definition) is 0. The van der Waals surface area contributed by atoms with E-state index in [9.17, 15) is 14.4 Å². The Hall–Kier alpha value is -4.19. The van der Waals surface area contributed by atoms with Crippen molar-refractivity contribution >= 4 is 17.9 Å². The molecule has 0 saturated heterocycles. The molecule has 0 N–H and O–H groups in total. The second kappa shape index (κ2) is 68.3. The molecule has 0 heterocycles. The number of unbranched alkanes of at least 4 members (excludes halogenated alkanes) is 30. The molecule has 0 aliphatic heterocycles. The van der Waals surface area contributed by atoms with Gasteiger partial charge in [0.25, 0.3) is 0 Å². The minimum absolute atomic E-state index is 0.102. The average molecular weight is 1120 g/mol. The Labute approximate surface area is 501 Å². The predicted octanol–water partition coefficient (Wildman–Crippen LogP) is 23.6. The Morgan fingerprint density at radius 2 is 0.481 bits per heavy atom. The maximum absolute atomic E-state index is 12.9. The zero-order valence-corrected chi connectivity index (χ0v) is 53.0. The minimum atomic E-state index is -0.813. The van der Waals surface area contributed by atoms with Crippen molar-refractivity contribution in [1.29, 1.82) is 0 Å². The predicted molar refractivity (Wildman–Crippen MR) is 353 cm³/mol. The smallest absolute Gasteiger partial charge is 0.306 e. The van der Waals surface area contributed by atoms with E-state index in [1.165, 1.54) is 141 Å². The van der Waals surface area contributed by atoms with E-state index >= 15 is 0 Å². The molecule has 0 aromatic heterocycles. The van der Waals surface area contributed by atoms with Crippen LogP contribution in [-0.4, -0.2) is 37.2 Å². The van der Waals surface area contributed by atoms with Crippen LogP contribution >= 0.6 is 0 Å². The molecule has 0 aliphatic carbocycles. The normalized spacial score (nSPS) is 12.9. The lowest BCUT2D eigenvalue weighted by Crippen LogP contribution is -2.30. The number of esters is 3. The molecule has 0 saturated carbocycles. The fourth-order valence-corrected chi connectivity index (χ4v) is 9.40. The van der Waals surface area contributed by atoms with E-state index < -0.39 is 6.10 Å². The van der Waals surface area contributed by atoms with Gasteiger partial charge in [-0.05, 0) is 128 Å². The molecule has 6 nitrogen and oxygen atoms in total. The van der Waals surface area contributed by atoms with Gasteiger partial charge in [0.05, 0.1) is 0 Å². The summed E-state index contributed by atoms with van der Waals surface area (Å²) in [6.45, 7) is 6.39. The second-order valence-corrected chi connectivity index (χ2v) is 22.3. The monoisotopic (exact) mass is 1120 g/mol. The Morgan fingerprint density at radius 3 is 0.790 bits per heavy atom. The molecule has 1 atom stereocenters. The third kappa shape index (κ3) is 66.5. The van der Waals surface area contributed by atoms with Crippen LogP contribution < -0.4 is 0 Å². The van der Waals surface area contributed by atoms with Crippen molar-refractivity contribution in [1.82, 2.24) is 0 Å². The number of rotatable bonds is 61. The van der Waals surface area contributed by atoms with Gasteiger partial charge in [0.1, 0.15) is 13.2 Å². The summed E-state index contributed by atoms with van der Waals surface area (Å²) in [5.74, 6) is -0.956. The number of allylic oxidation sites excluding steroid dienone is 20. The molecule has 0 bridgehead atoms. The van der Waals surface area contributed by atoms with Gasteiger partial charge in [-0.1, -0.05) is 290 Å². The van der Waals surface area contributed by atoms with Crippen molar-refractivity contribution in [2.45, 2.75) is 322 Å². The molecule has 0 aliphatic rings. The summed E-state index contributed by atoms with van der Waals surface area (Å²) in [4.78, 5) is 38.4. The van der Waals surface area contributed by atoms with Gasteiger partial charge in [-0.2, -0.15) is 0 Å². The van der Waals surface area contributed by atoms with Crippen molar-refractivity contribution in [3.63, 3.8) is 0 Å². The van der Waals surface area contributed by atoms with Gasteiger partial charge in [0.15, 0.2) is 6.10 Å². The largest absolute Gasteiger partial charge is 0.462 e. The molecule has 6 heteroatoms. The Balaban J connectivity index is 4.38. The van der Waals surface area contributed by atoms with Crippen LogP contribution in [0, 0.1) is 0 Å². The van der Waals surface area contributed by atoms with E-state index in [4.69, 9.17) is 14.2 Å². The van der Waals surface area contributed by atoms with E-state index in [0.717, 1.165) is 128 Å². The van der Waals surface area contributed by atoms with Crippen molar-refractivity contribution in [2.75, 3.05) is 13.2 Å². The van der Waals surface area contributed by atoms with Gasteiger partial charge in [-0.15, -0.1) is 0 Å². The van der Waals surface area contributed by atoms with Gasteiger partial charge in [0.2, 0.25) is 0 Å². The average Bonchev–Trinajstić information content (AvgIpc) is 3.47. The quantitative estimate of drug-likeness (QED) is 0.0261. The van der Waals surface area contributed by atoms with Crippen molar-refractivity contribution in [2.24, 2.45) is 0 Å². The SMILES string of the molecule is CC/C=C\C/C=C\C/C=C\C/C=C\C/C=C\C/C=C\CCCCC(=O)OC(COC(=O)CCCCCCC/C=C\C/C=C\C/C=C\CC)COC(=O)CCCCCCCCCCCCCCCCC/C=C\CCCCCCCCCC. The first-order chi connectivity index (χ1) is 40.0.